The molecule has 2 nitrogen and oxygen atoms in total. The zero-order valence-electron chi connectivity index (χ0n) is 9.61. The van der Waals surface area contributed by atoms with Gasteiger partial charge in [-0.2, -0.15) is 0 Å². The molecule has 2 aromatic carbocycles. The van der Waals surface area contributed by atoms with Crippen molar-refractivity contribution in [3.63, 3.8) is 0 Å². The first-order valence-corrected chi connectivity index (χ1v) is 5.91. The Balaban J connectivity index is 2.15. The number of nitrogen functional groups attached to an aromatic ring is 1. The molecule has 0 amide bonds. The van der Waals surface area contributed by atoms with Gasteiger partial charge in [-0.15, -0.1) is 0 Å². The van der Waals surface area contributed by atoms with Crippen molar-refractivity contribution in [2.45, 2.75) is 12.5 Å². The van der Waals surface area contributed by atoms with Crippen LogP contribution in [0.2, 0.25) is 5.02 Å². The van der Waals surface area contributed by atoms with Crippen molar-refractivity contribution in [3.8, 4) is 0 Å². The minimum Gasteiger partial charge on any atom is -0.399 e. The predicted molar refractivity (Wildman–Crippen MR) is 70.9 cm³/mol. The highest BCUT2D eigenvalue weighted by Gasteiger charge is 2.11. The number of anilines is 1. The summed E-state index contributed by atoms with van der Waals surface area (Å²) < 4.78 is 13.6. The van der Waals surface area contributed by atoms with E-state index >= 15 is 0 Å². The molecule has 0 radical (unpaired) electrons. The monoisotopic (exact) mass is 265 g/mol. The average Bonchev–Trinajstić information content (AvgIpc) is 2.33. The lowest BCUT2D eigenvalue weighted by atomic mass is 10.0. The van der Waals surface area contributed by atoms with Gasteiger partial charge in [-0.05, 0) is 35.4 Å². The molecule has 1 unspecified atom stereocenters. The summed E-state index contributed by atoms with van der Waals surface area (Å²) in [6, 6.07) is 11.3. The molecule has 0 saturated carbocycles. The number of halogens is 2. The molecule has 0 aliphatic carbocycles. The highest BCUT2D eigenvalue weighted by atomic mass is 35.5. The highest BCUT2D eigenvalue weighted by Crippen LogP contribution is 2.22. The highest BCUT2D eigenvalue weighted by molar-refractivity contribution is 6.30. The lowest BCUT2D eigenvalue weighted by molar-refractivity contribution is 0.177. The number of benzene rings is 2. The predicted octanol–water partition coefficient (Wildman–Crippen LogP) is 3.34. The van der Waals surface area contributed by atoms with E-state index in [2.05, 4.69) is 0 Å². The molecular formula is C14H13ClFNO. The minimum atomic E-state index is -0.763. The van der Waals surface area contributed by atoms with Gasteiger partial charge in [-0.25, -0.2) is 4.39 Å². The van der Waals surface area contributed by atoms with E-state index in [1.807, 2.05) is 0 Å². The molecule has 4 heteroatoms. The molecule has 1 atom stereocenters. The Kier molecular flexibility index (Phi) is 3.84. The van der Waals surface area contributed by atoms with Crippen molar-refractivity contribution in [2.75, 3.05) is 5.73 Å². The van der Waals surface area contributed by atoms with E-state index in [1.165, 1.54) is 6.07 Å². The minimum absolute atomic E-state index is 0.201. The molecule has 2 rings (SSSR count). The van der Waals surface area contributed by atoms with Crippen molar-refractivity contribution < 1.29 is 9.50 Å². The van der Waals surface area contributed by atoms with E-state index in [9.17, 15) is 9.50 Å². The number of aliphatic hydroxyl groups is 1. The molecule has 0 aromatic heterocycles. The summed E-state index contributed by atoms with van der Waals surface area (Å²) in [5.74, 6) is -0.406. The van der Waals surface area contributed by atoms with Gasteiger partial charge in [0.15, 0.2) is 0 Å². The SMILES string of the molecule is Nc1ccc(C(O)Cc2ccc(Cl)cc2F)cc1. The Labute approximate surface area is 110 Å². The lowest BCUT2D eigenvalue weighted by Crippen LogP contribution is -2.03. The van der Waals surface area contributed by atoms with Crippen LogP contribution in [0.1, 0.15) is 17.2 Å². The summed E-state index contributed by atoms with van der Waals surface area (Å²) in [4.78, 5) is 0. The van der Waals surface area contributed by atoms with Gasteiger partial charge in [0, 0.05) is 17.1 Å². The summed E-state index contributed by atoms with van der Waals surface area (Å²) in [6.07, 6.45) is -0.561. The fourth-order valence-electron chi connectivity index (χ4n) is 1.73. The van der Waals surface area contributed by atoms with E-state index in [1.54, 1.807) is 36.4 Å². The van der Waals surface area contributed by atoms with Crippen LogP contribution < -0.4 is 5.73 Å². The van der Waals surface area contributed by atoms with Crippen LogP contribution >= 0.6 is 11.6 Å². The molecule has 94 valence electrons. The summed E-state index contributed by atoms with van der Waals surface area (Å²) >= 11 is 5.67. The standard InChI is InChI=1S/C14H13ClFNO/c15-11-4-1-10(13(16)8-11)7-14(18)9-2-5-12(17)6-3-9/h1-6,8,14,18H,7,17H2. The largest absolute Gasteiger partial charge is 0.399 e. The van der Waals surface area contributed by atoms with Gasteiger partial charge in [0.1, 0.15) is 5.82 Å². The number of rotatable bonds is 3. The summed E-state index contributed by atoms with van der Waals surface area (Å²) in [5, 5.41) is 10.4. The van der Waals surface area contributed by atoms with Gasteiger partial charge in [-0.3, -0.25) is 0 Å². The van der Waals surface area contributed by atoms with Crippen LogP contribution in [0.25, 0.3) is 0 Å². The van der Waals surface area contributed by atoms with Crippen LogP contribution in [0.4, 0.5) is 10.1 Å². The molecule has 0 aliphatic heterocycles. The maximum atomic E-state index is 13.6. The van der Waals surface area contributed by atoms with Crippen LogP contribution in [0, 0.1) is 5.82 Å². The normalized spacial score (nSPS) is 12.4. The Morgan fingerprint density at radius 1 is 1.17 bits per heavy atom. The van der Waals surface area contributed by atoms with Gasteiger partial charge in [0.2, 0.25) is 0 Å². The number of nitrogens with two attached hydrogens (primary N) is 1. The third kappa shape index (κ3) is 3.00. The van der Waals surface area contributed by atoms with Crippen LogP contribution in [-0.4, -0.2) is 5.11 Å². The second kappa shape index (κ2) is 5.38. The van der Waals surface area contributed by atoms with Crippen LogP contribution in [-0.2, 0) is 6.42 Å². The zero-order chi connectivity index (χ0) is 13.1. The van der Waals surface area contributed by atoms with E-state index < -0.39 is 11.9 Å². The third-order valence-electron chi connectivity index (χ3n) is 2.75. The Hall–Kier alpha value is -1.58. The van der Waals surface area contributed by atoms with Gasteiger partial charge < -0.3 is 10.8 Å². The van der Waals surface area contributed by atoms with Gasteiger partial charge in [-0.1, -0.05) is 29.8 Å². The van der Waals surface area contributed by atoms with Gasteiger partial charge >= 0.3 is 0 Å². The van der Waals surface area contributed by atoms with E-state index in [0.717, 1.165) is 0 Å². The lowest BCUT2D eigenvalue weighted by Gasteiger charge is -2.12. The van der Waals surface area contributed by atoms with Gasteiger partial charge in [0.05, 0.1) is 6.10 Å². The van der Waals surface area contributed by atoms with Crippen molar-refractivity contribution in [3.05, 3.63) is 64.4 Å². The molecule has 2 aromatic rings. The Bertz CT molecular complexity index is 542. The maximum absolute atomic E-state index is 13.6. The fraction of sp³-hybridized carbons (Fsp3) is 0.143. The second-order valence-corrected chi connectivity index (χ2v) is 4.56. The summed E-state index contributed by atoms with van der Waals surface area (Å²) in [6.45, 7) is 0. The van der Waals surface area contributed by atoms with Crippen molar-refractivity contribution in [2.24, 2.45) is 0 Å². The molecule has 0 bridgehead atoms. The number of hydrogen-bond donors (Lipinski definition) is 2. The fourth-order valence-corrected chi connectivity index (χ4v) is 1.89. The quantitative estimate of drug-likeness (QED) is 0.836. The first-order chi connectivity index (χ1) is 8.56. The molecule has 0 aliphatic rings. The molecule has 0 heterocycles. The maximum Gasteiger partial charge on any atom is 0.127 e. The van der Waals surface area contributed by atoms with Crippen molar-refractivity contribution >= 4 is 17.3 Å². The zero-order valence-corrected chi connectivity index (χ0v) is 10.4. The molecule has 0 spiro atoms. The second-order valence-electron chi connectivity index (χ2n) is 4.12. The molecule has 0 saturated heterocycles. The molecular weight excluding hydrogens is 253 g/mol. The summed E-state index contributed by atoms with van der Waals surface area (Å²) in [7, 11) is 0. The van der Waals surface area contributed by atoms with E-state index in [4.69, 9.17) is 17.3 Å². The Morgan fingerprint density at radius 2 is 1.83 bits per heavy atom. The van der Waals surface area contributed by atoms with E-state index in [-0.39, 0.29) is 6.42 Å². The summed E-state index contributed by atoms with van der Waals surface area (Å²) in [5.41, 5.74) is 7.33. The van der Waals surface area contributed by atoms with Crippen molar-refractivity contribution in [1.82, 2.24) is 0 Å². The number of aliphatic hydroxyl groups excluding tert-OH is 1. The van der Waals surface area contributed by atoms with Gasteiger partial charge in [0.25, 0.3) is 0 Å². The first kappa shape index (κ1) is 12.9. The van der Waals surface area contributed by atoms with Crippen LogP contribution in [0.5, 0.6) is 0 Å². The molecule has 18 heavy (non-hydrogen) atoms. The van der Waals surface area contributed by atoms with Crippen LogP contribution in [0.15, 0.2) is 42.5 Å². The molecule has 0 fully saturated rings. The number of hydrogen-bond acceptors (Lipinski definition) is 2. The van der Waals surface area contributed by atoms with Crippen molar-refractivity contribution in [1.29, 1.82) is 0 Å². The first-order valence-electron chi connectivity index (χ1n) is 5.53. The van der Waals surface area contributed by atoms with E-state index in [0.29, 0.717) is 21.8 Å². The average molecular weight is 266 g/mol. The Morgan fingerprint density at radius 3 is 2.44 bits per heavy atom. The van der Waals surface area contributed by atoms with Crippen LogP contribution in [0.3, 0.4) is 0 Å². The third-order valence-corrected chi connectivity index (χ3v) is 2.98. The topological polar surface area (TPSA) is 46.2 Å². The smallest absolute Gasteiger partial charge is 0.127 e. The molecule has 3 N–H and O–H groups in total.